The zero-order valence-electron chi connectivity index (χ0n) is 11.5. The minimum absolute atomic E-state index is 0.195. The summed E-state index contributed by atoms with van der Waals surface area (Å²) in [7, 11) is -1.79. The highest BCUT2D eigenvalue weighted by atomic mass is 28.4. The average Bonchev–Trinajstić information content (AvgIpc) is 1.97. The molecule has 0 unspecified atom stereocenters. The number of hydrogen-bond acceptors (Lipinski definition) is 1. The normalized spacial score (nSPS) is 12.7. The molecular formula is C13H23O2Si+. The van der Waals surface area contributed by atoms with Crippen LogP contribution in [-0.4, -0.2) is 8.32 Å². The summed E-state index contributed by atoms with van der Waals surface area (Å²) in [6.45, 7) is 15.1. The Bertz CT molecular complexity index is 358. The molecule has 0 amide bonds. The Balaban J connectivity index is 2.96. The van der Waals surface area contributed by atoms with Gasteiger partial charge in [0.15, 0.2) is 0 Å². The minimum atomic E-state index is -1.79. The number of rotatable bonds is 2. The molecule has 0 aliphatic rings. The summed E-state index contributed by atoms with van der Waals surface area (Å²) in [5.41, 5.74) is 1.18. The van der Waals surface area contributed by atoms with Crippen LogP contribution in [0.25, 0.3) is 0 Å². The Kier molecular flexibility index (Phi) is 3.48. The van der Waals surface area contributed by atoms with Crippen LogP contribution >= 0.6 is 0 Å². The lowest BCUT2D eigenvalue weighted by molar-refractivity contribution is 0.345. The third kappa shape index (κ3) is 3.08. The van der Waals surface area contributed by atoms with E-state index in [1.54, 1.807) is 0 Å². The summed E-state index contributed by atoms with van der Waals surface area (Å²) in [5, 5.41) is 0.195. The molecule has 0 saturated heterocycles. The molecule has 1 aromatic rings. The van der Waals surface area contributed by atoms with Crippen LogP contribution in [0.1, 0.15) is 32.1 Å². The second-order valence-electron chi connectivity index (χ2n) is 5.93. The van der Waals surface area contributed by atoms with Crippen molar-refractivity contribution < 1.29 is 8.84 Å². The second kappa shape index (κ2) is 4.21. The quantitative estimate of drug-likeness (QED) is 0.557. The highest BCUT2D eigenvalue weighted by Gasteiger charge is 2.47. The number of hydrogen-bond donors (Lipinski definition) is 0. The first-order valence-electron chi connectivity index (χ1n) is 5.72. The van der Waals surface area contributed by atoms with Gasteiger partial charge in [0.1, 0.15) is 0 Å². The molecule has 16 heavy (non-hydrogen) atoms. The van der Waals surface area contributed by atoms with Crippen molar-refractivity contribution in [3.8, 4) is 5.95 Å². The van der Waals surface area contributed by atoms with Crippen LogP contribution in [0.2, 0.25) is 18.1 Å². The fraction of sp³-hybridized carbons (Fsp3) is 0.615. The highest BCUT2D eigenvalue weighted by Crippen LogP contribution is 2.37. The van der Waals surface area contributed by atoms with Crippen molar-refractivity contribution in [2.24, 2.45) is 0 Å². The smallest absolute Gasteiger partial charge is 0.407 e. The van der Waals surface area contributed by atoms with E-state index in [2.05, 4.69) is 40.8 Å². The van der Waals surface area contributed by atoms with E-state index in [0.29, 0.717) is 5.95 Å². The second-order valence-corrected chi connectivity index (χ2v) is 10.7. The lowest BCUT2D eigenvalue weighted by atomic mass is 10.2. The Morgan fingerprint density at radius 3 is 2.12 bits per heavy atom. The lowest BCUT2D eigenvalue weighted by Gasteiger charge is -2.28. The topological polar surface area (TPSA) is 20.5 Å². The Morgan fingerprint density at radius 1 is 1.12 bits per heavy atom. The van der Waals surface area contributed by atoms with E-state index in [9.17, 15) is 0 Å². The van der Waals surface area contributed by atoms with Gasteiger partial charge in [-0.1, -0.05) is 20.8 Å². The van der Waals surface area contributed by atoms with Crippen molar-refractivity contribution in [3.63, 3.8) is 0 Å². The molecular weight excluding hydrogens is 216 g/mol. The van der Waals surface area contributed by atoms with Gasteiger partial charge in [0.2, 0.25) is 5.76 Å². The molecule has 0 radical (unpaired) electrons. The van der Waals surface area contributed by atoms with E-state index in [0.717, 1.165) is 5.76 Å². The van der Waals surface area contributed by atoms with Crippen LogP contribution in [0.15, 0.2) is 16.5 Å². The van der Waals surface area contributed by atoms with E-state index in [1.807, 2.05) is 19.1 Å². The Morgan fingerprint density at radius 2 is 1.69 bits per heavy atom. The predicted octanol–water partition coefficient (Wildman–Crippen LogP) is 4.56. The largest absolute Gasteiger partial charge is 0.496 e. The molecule has 1 heterocycles. The molecule has 0 aliphatic heterocycles. The van der Waals surface area contributed by atoms with Crippen LogP contribution in [0, 0.1) is 13.8 Å². The molecule has 1 rings (SSSR count). The van der Waals surface area contributed by atoms with Crippen LogP contribution in [0.4, 0.5) is 0 Å². The monoisotopic (exact) mass is 239 g/mol. The van der Waals surface area contributed by atoms with Gasteiger partial charge in [0.25, 0.3) is 0 Å². The maximum Gasteiger partial charge on any atom is 0.496 e. The van der Waals surface area contributed by atoms with Crippen molar-refractivity contribution in [3.05, 3.63) is 23.5 Å². The van der Waals surface area contributed by atoms with E-state index in [4.69, 9.17) is 8.84 Å². The van der Waals surface area contributed by atoms with E-state index >= 15 is 0 Å². The maximum atomic E-state index is 6.10. The maximum absolute atomic E-state index is 6.10. The van der Waals surface area contributed by atoms with Gasteiger partial charge in [-0.3, -0.25) is 4.42 Å². The molecule has 0 bridgehead atoms. The zero-order chi connectivity index (χ0) is 12.6. The van der Waals surface area contributed by atoms with Crippen molar-refractivity contribution in [1.82, 2.24) is 0 Å². The fourth-order valence-corrected chi connectivity index (χ4v) is 2.13. The summed E-state index contributed by atoms with van der Waals surface area (Å²) in [4.78, 5) is 0. The molecule has 0 aromatic carbocycles. The van der Waals surface area contributed by atoms with Gasteiger partial charge in [0.05, 0.1) is 6.07 Å². The van der Waals surface area contributed by atoms with Crippen LogP contribution in [0.3, 0.4) is 0 Å². The molecule has 90 valence electrons. The van der Waals surface area contributed by atoms with Gasteiger partial charge < -0.3 is 4.43 Å². The molecule has 0 N–H and O–H groups in total. The first-order chi connectivity index (χ1) is 7.12. The average molecular weight is 239 g/mol. The molecule has 0 spiro atoms. The lowest BCUT2D eigenvalue weighted by Crippen LogP contribution is -2.43. The molecule has 3 heteroatoms. The summed E-state index contributed by atoms with van der Waals surface area (Å²) in [6, 6.07) is 3.98. The SMILES string of the molecule is Cc1cc(C)[o+]c(O[Si](C)(C)C(C)(C)C)c1. The van der Waals surface area contributed by atoms with Crippen molar-refractivity contribution in [1.29, 1.82) is 0 Å². The van der Waals surface area contributed by atoms with Gasteiger partial charge >= 0.3 is 14.3 Å². The van der Waals surface area contributed by atoms with Crippen LogP contribution in [0.5, 0.6) is 5.95 Å². The molecule has 2 nitrogen and oxygen atoms in total. The zero-order valence-corrected chi connectivity index (χ0v) is 12.5. The van der Waals surface area contributed by atoms with Crippen molar-refractivity contribution in [2.45, 2.75) is 52.8 Å². The highest BCUT2D eigenvalue weighted by molar-refractivity contribution is 6.74. The van der Waals surface area contributed by atoms with Crippen molar-refractivity contribution >= 4 is 8.32 Å². The van der Waals surface area contributed by atoms with E-state index in [-0.39, 0.29) is 5.04 Å². The Labute approximate surface area is 99.8 Å². The molecule has 0 aliphatic carbocycles. The summed E-state index contributed by atoms with van der Waals surface area (Å²) >= 11 is 0. The molecule has 0 saturated carbocycles. The summed E-state index contributed by atoms with van der Waals surface area (Å²) in [6.07, 6.45) is 0. The van der Waals surface area contributed by atoms with E-state index in [1.165, 1.54) is 5.56 Å². The minimum Gasteiger partial charge on any atom is -0.407 e. The van der Waals surface area contributed by atoms with Crippen LogP contribution < -0.4 is 4.43 Å². The van der Waals surface area contributed by atoms with Crippen molar-refractivity contribution in [2.75, 3.05) is 0 Å². The van der Waals surface area contributed by atoms with Gasteiger partial charge in [-0.25, -0.2) is 0 Å². The fourth-order valence-electron chi connectivity index (χ4n) is 1.22. The van der Waals surface area contributed by atoms with Gasteiger partial charge in [-0.15, -0.1) is 0 Å². The Hall–Kier alpha value is -0.833. The van der Waals surface area contributed by atoms with Gasteiger partial charge in [-0.05, 0) is 25.6 Å². The third-order valence-corrected chi connectivity index (χ3v) is 7.52. The molecule has 1 aromatic heterocycles. The summed E-state index contributed by atoms with van der Waals surface area (Å²) < 4.78 is 11.7. The first-order valence-corrected chi connectivity index (χ1v) is 8.63. The standard InChI is InChI=1S/C13H23O2Si/c1-10-8-11(2)14-12(9-10)15-16(6,7)13(3,4)5/h8-9H,1-7H3/q+1. The first kappa shape index (κ1) is 13.2. The van der Waals surface area contributed by atoms with Crippen LogP contribution in [-0.2, 0) is 0 Å². The van der Waals surface area contributed by atoms with Gasteiger partial charge in [-0.2, -0.15) is 0 Å². The molecule has 0 atom stereocenters. The van der Waals surface area contributed by atoms with Gasteiger partial charge in [0, 0.05) is 18.0 Å². The number of aryl methyl sites for hydroxylation is 2. The van der Waals surface area contributed by atoms with E-state index < -0.39 is 8.32 Å². The molecule has 0 fully saturated rings. The third-order valence-electron chi connectivity index (χ3n) is 3.20. The summed E-state index contributed by atoms with van der Waals surface area (Å²) in [5.74, 6) is 1.55. The predicted molar refractivity (Wildman–Crippen MR) is 70.4 cm³/mol.